The molecule has 0 radical (unpaired) electrons. The first-order valence-corrected chi connectivity index (χ1v) is 2.38. The van der Waals surface area contributed by atoms with Gasteiger partial charge in [0, 0.05) is 0 Å². The van der Waals surface area contributed by atoms with Crippen molar-refractivity contribution in [3.8, 4) is 0 Å². The molecule has 0 aliphatic rings. The maximum atomic E-state index is 3.60. The third-order valence-electron chi connectivity index (χ3n) is 0.638. The molecule has 44 valence electrons. The Labute approximate surface area is 65.1 Å². The van der Waals surface area contributed by atoms with Gasteiger partial charge in [0.05, 0.1) is 0 Å². The van der Waals surface area contributed by atoms with Gasteiger partial charge in [0.2, 0.25) is 0 Å². The molecule has 0 N–H and O–H groups in total. The molecule has 0 heterocycles. The van der Waals surface area contributed by atoms with Crippen molar-refractivity contribution in [2.24, 2.45) is 5.92 Å². The van der Waals surface area contributed by atoms with Gasteiger partial charge < -0.3 is 0 Å². The Balaban J connectivity index is 0. The second kappa shape index (κ2) is 6.62. The first kappa shape index (κ1) is 10.6. The van der Waals surface area contributed by atoms with E-state index in [4.69, 9.17) is 0 Å². The molecule has 0 unspecified atom stereocenters. The van der Waals surface area contributed by atoms with Gasteiger partial charge in [-0.15, -0.1) is 6.58 Å². The van der Waals surface area contributed by atoms with Crippen LogP contribution in [0.5, 0.6) is 0 Å². The predicted molar refractivity (Wildman–Crippen MR) is 31.0 cm³/mol. The third kappa shape index (κ3) is 10.8. The Hall–Kier alpha value is 0.623. The van der Waals surface area contributed by atoms with Gasteiger partial charge in [-0.05, 0) is 12.3 Å². The summed E-state index contributed by atoms with van der Waals surface area (Å²) >= 11 is 0. The number of rotatable bonds is 2. The van der Waals surface area contributed by atoms with Crippen LogP contribution < -0.4 is 0 Å². The molecule has 0 aromatic heterocycles. The van der Waals surface area contributed by atoms with Crippen LogP contribution >= 0.6 is 0 Å². The molecule has 0 aromatic rings. The van der Waals surface area contributed by atoms with Crippen LogP contribution in [0.15, 0.2) is 12.7 Å². The van der Waals surface area contributed by atoms with E-state index >= 15 is 0 Å². The van der Waals surface area contributed by atoms with E-state index in [9.17, 15) is 0 Å². The Morgan fingerprint density at radius 1 is 1.57 bits per heavy atom. The topological polar surface area (TPSA) is 0 Å². The van der Waals surface area contributed by atoms with E-state index in [1.165, 1.54) is 0 Å². The van der Waals surface area contributed by atoms with E-state index in [0.717, 1.165) is 12.3 Å². The molecule has 0 rings (SSSR count). The van der Waals surface area contributed by atoms with Crippen LogP contribution in [0, 0.1) is 32.1 Å². The van der Waals surface area contributed by atoms with E-state index in [2.05, 4.69) is 20.4 Å². The van der Waals surface area contributed by atoms with E-state index in [-0.39, 0.29) is 26.2 Å². The zero-order valence-corrected chi connectivity index (χ0v) is 8.15. The van der Waals surface area contributed by atoms with Gasteiger partial charge in [0.15, 0.2) is 0 Å². The summed E-state index contributed by atoms with van der Waals surface area (Å²) in [5.74, 6) is 0.780. The molecule has 0 nitrogen and oxygen atoms in total. The molecule has 0 saturated heterocycles. The Morgan fingerprint density at radius 2 is 2.00 bits per heavy atom. The Kier molecular flexibility index (Phi) is 10.0. The fourth-order valence-corrected chi connectivity index (χ4v) is 0.333. The monoisotopic (exact) mass is 295 g/mol. The van der Waals surface area contributed by atoms with Crippen LogP contribution in [0.25, 0.3) is 0 Å². The number of hydrogen-bond donors (Lipinski definition) is 0. The Morgan fingerprint density at radius 3 is 2.00 bits per heavy atom. The molecule has 0 amide bonds. The quantitative estimate of drug-likeness (QED) is 0.683. The van der Waals surface area contributed by atoms with Crippen LogP contribution in [0.2, 0.25) is 0 Å². The zero-order valence-electron chi connectivity index (χ0n) is 4.98. The van der Waals surface area contributed by atoms with Crippen LogP contribution in [0.1, 0.15) is 20.3 Å². The Bertz CT molecular complexity index is 39.4. The van der Waals surface area contributed by atoms with Gasteiger partial charge in [-0.1, -0.05) is 19.9 Å². The van der Waals surface area contributed by atoms with Crippen LogP contribution in [-0.2, 0) is 0 Å². The fraction of sp³-hybridized carbons (Fsp3) is 0.667. The van der Waals surface area contributed by atoms with Crippen molar-refractivity contribution >= 4 is 0 Å². The first-order chi connectivity index (χ1) is 2.77. The van der Waals surface area contributed by atoms with Crippen molar-refractivity contribution < 1.29 is 26.2 Å². The summed E-state index contributed by atoms with van der Waals surface area (Å²) in [5.41, 5.74) is 0. The van der Waals surface area contributed by atoms with E-state index in [1.807, 2.05) is 6.08 Å². The summed E-state index contributed by atoms with van der Waals surface area (Å²) in [5, 5.41) is 0. The number of hydrogen-bond acceptors (Lipinski definition) is 0. The predicted octanol–water partition coefficient (Wildman–Crippen LogP) is 1.95. The summed E-state index contributed by atoms with van der Waals surface area (Å²) < 4.78 is 0. The van der Waals surface area contributed by atoms with E-state index in [0.29, 0.717) is 0 Å². The minimum atomic E-state index is 0. The average Bonchev–Trinajstić information content (AvgIpc) is 1.35. The summed E-state index contributed by atoms with van der Waals surface area (Å²) in [6, 6.07) is 0. The summed E-state index contributed by atoms with van der Waals surface area (Å²) in [6.45, 7) is 7.97. The number of allylic oxidation sites excluding steroid dienone is 1. The van der Waals surface area contributed by atoms with Crippen LogP contribution in [0.3, 0.4) is 0 Å². The molecule has 7 heavy (non-hydrogen) atoms. The third-order valence-corrected chi connectivity index (χ3v) is 0.638. The van der Waals surface area contributed by atoms with Crippen LogP contribution in [0.4, 0.5) is 0 Å². The van der Waals surface area contributed by atoms with Crippen molar-refractivity contribution in [2.75, 3.05) is 0 Å². The molecule has 0 bridgehead atoms. The van der Waals surface area contributed by atoms with Crippen molar-refractivity contribution in [1.82, 2.24) is 0 Å². The van der Waals surface area contributed by atoms with Gasteiger partial charge in [0.25, 0.3) is 0 Å². The molecule has 0 saturated carbocycles. The molecule has 0 spiro atoms. The minimum absolute atomic E-state index is 0. The summed E-state index contributed by atoms with van der Waals surface area (Å²) in [7, 11) is 0. The van der Waals surface area contributed by atoms with Crippen molar-refractivity contribution in [3.63, 3.8) is 0 Å². The van der Waals surface area contributed by atoms with Gasteiger partial charge in [-0.25, -0.2) is 0 Å². The molecule has 0 fully saturated rings. The second-order valence-electron chi connectivity index (χ2n) is 1.92. The van der Waals surface area contributed by atoms with Gasteiger partial charge in [-0.2, -0.15) is 0 Å². The molecule has 0 atom stereocenters. The molecular formula is C6H13At. The van der Waals surface area contributed by atoms with Crippen molar-refractivity contribution in [3.05, 3.63) is 12.7 Å². The molecular weight excluding hydrogens is 282 g/mol. The molecule has 0 aliphatic heterocycles. The SMILES string of the molecule is C=CCC(C)C.[AtH]. The van der Waals surface area contributed by atoms with Gasteiger partial charge in [0.1, 0.15) is 0 Å². The van der Waals surface area contributed by atoms with Crippen molar-refractivity contribution in [1.29, 1.82) is 0 Å². The summed E-state index contributed by atoms with van der Waals surface area (Å²) in [6.07, 6.45) is 3.09. The molecule has 0 aromatic carbocycles. The standard InChI is InChI=1S/C6H12.AtH/c1-4-5-6(2)3;/h4,6H,1,5H2,2-3H3;1H. The zero-order chi connectivity index (χ0) is 4.99. The maximum absolute atomic E-state index is 3.60. The van der Waals surface area contributed by atoms with E-state index < -0.39 is 0 Å². The normalized spacial score (nSPS) is 7.86. The van der Waals surface area contributed by atoms with Crippen molar-refractivity contribution in [2.45, 2.75) is 20.3 Å². The molecule has 1 heteroatoms. The second-order valence-corrected chi connectivity index (χ2v) is 1.92. The van der Waals surface area contributed by atoms with Gasteiger partial charge >= 0.3 is 26.2 Å². The van der Waals surface area contributed by atoms with Gasteiger partial charge in [-0.3, -0.25) is 0 Å². The average molecular weight is 295 g/mol. The molecule has 0 aliphatic carbocycles. The van der Waals surface area contributed by atoms with E-state index in [1.54, 1.807) is 0 Å². The first-order valence-electron chi connectivity index (χ1n) is 2.38. The van der Waals surface area contributed by atoms with Crippen LogP contribution in [-0.4, -0.2) is 0 Å². The summed E-state index contributed by atoms with van der Waals surface area (Å²) in [4.78, 5) is 0. The fourth-order valence-electron chi connectivity index (χ4n) is 0.333.